The number of ketones is 1. The van der Waals surface area contributed by atoms with Gasteiger partial charge in [-0.05, 0) is 25.7 Å². The van der Waals surface area contributed by atoms with Gasteiger partial charge in [0.15, 0.2) is 0 Å². The SMILES string of the molecule is CCCCCCCCCCCCCCCCCC(=O)NCC(CCC(=O)C(N)CCC(=O)O)NC(=O)CCCCCCCCCCCCCCCCC. The van der Waals surface area contributed by atoms with E-state index in [-0.39, 0.29) is 49.4 Å². The van der Waals surface area contributed by atoms with E-state index >= 15 is 0 Å². The Kier molecular flexibility index (Phi) is 38.3. The zero-order valence-electron chi connectivity index (χ0n) is 35.0. The van der Waals surface area contributed by atoms with Gasteiger partial charge >= 0.3 is 5.97 Å². The third-order valence-electron chi connectivity index (χ3n) is 10.7. The molecule has 2 unspecified atom stereocenters. The van der Waals surface area contributed by atoms with E-state index in [2.05, 4.69) is 24.5 Å². The molecule has 0 saturated carbocycles. The number of amides is 2. The third-order valence-corrected chi connectivity index (χ3v) is 10.7. The largest absolute Gasteiger partial charge is 0.481 e. The normalized spacial score (nSPS) is 12.4. The molecule has 2 atom stereocenters. The molecule has 0 aliphatic heterocycles. The van der Waals surface area contributed by atoms with E-state index in [1.54, 1.807) is 0 Å². The van der Waals surface area contributed by atoms with Crippen LogP contribution in [0.5, 0.6) is 0 Å². The molecular formula is C45H87N3O5. The van der Waals surface area contributed by atoms with Crippen molar-refractivity contribution in [2.75, 3.05) is 6.54 Å². The molecule has 53 heavy (non-hydrogen) atoms. The highest BCUT2D eigenvalue weighted by molar-refractivity contribution is 5.84. The summed E-state index contributed by atoms with van der Waals surface area (Å²) in [5.41, 5.74) is 5.92. The van der Waals surface area contributed by atoms with E-state index in [0.29, 0.717) is 19.3 Å². The second kappa shape index (κ2) is 39.7. The van der Waals surface area contributed by atoms with E-state index in [9.17, 15) is 19.2 Å². The summed E-state index contributed by atoms with van der Waals surface area (Å²) in [6.45, 7) is 4.81. The van der Waals surface area contributed by atoms with Crippen LogP contribution in [-0.2, 0) is 19.2 Å². The van der Waals surface area contributed by atoms with Gasteiger partial charge in [-0.3, -0.25) is 19.2 Å². The summed E-state index contributed by atoms with van der Waals surface area (Å²) in [5, 5.41) is 14.9. The first-order valence-corrected chi connectivity index (χ1v) is 22.9. The molecule has 0 aliphatic carbocycles. The predicted octanol–water partition coefficient (Wildman–Crippen LogP) is 11.7. The first-order valence-electron chi connectivity index (χ1n) is 22.9. The van der Waals surface area contributed by atoms with Gasteiger partial charge in [0.05, 0.1) is 6.04 Å². The van der Waals surface area contributed by atoms with Gasteiger partial charge in [-0.25, -0.2) is 0 Å². The van der Waals surface area contributed by atoms with Crippen molar-refractivity contribution in [1.29, 1.82) is 0 Å². The first kappa shape index (κ1) is 51.0. The summed E-state index contributed by atoms with van der Waals surface area (Å²) < 4.78 is 0. The highest BCUT2D eigenvalue weighted by atomic mass is 16.4. The molecule has 8 heteroatoms. The smallest absolute Gasteiger partial charge is 0.303 e. The summed E-state index contributed by atoms with van der Waals surface area (Å²) in [5.74, 6) is -1.26. The molecule has 0 heterocycles. The summed E-state index contributed by atoms with van der Waals surface area (Å²) >= 11 is 0. The summed E-state index contributed by atoms with van der Waals surface area (Å²) in [4.78, 5) is 48.9. The maximum atomic E-state index is 12.8. The van der Waals surface area contributed by atoms with Gasteiger partial charge in [-0.1, -0.05) is 194 Å². The van der Waals surface area contributed by atoms with Crippen molar-refractivity contribution in [1.82, 2.24) is 10.6 Å². The number of hydrogen-bond acceptors (Lipinski definition) is 5. The lowest BCUT2D eigenvalue weighted by atomic mass is 10.0. The fraction of sp³-hybridized carbons (Fsp3) is 0.911. The van der Waals surface area contributed by atoms with Gasteiger partial charge in [0.25, 0.3) is 0 Å². The highest BCUT2D eigenvalue weighted by Crippen LogP contribution is 2.15. The van der Waals surface area contributed by atoms with Gasteiger partial charge in [0.1, 0.15) is 5.78 Å². The Morgan fingerprint density at radius 1 is 0.453 bits per heavy atom. The molecule has 0 aromatic rings. The molecule has 2 amide bonds. The molecule has 312 valence electrons. The zero-order chi connectivity index (χ0) is 39.0. The quantitative estimate of drug-likeness (QED) is 0.0458. The van der Waals surface area contributed by atoms with Crippen LogP contribution in [0, 0.1) is 0 Å². The van der Waals surface area contributed by atoms with Gasteiger partial charge in [-0.15, -0.1) is 0 Å². The molecule has 5 N–H and O–H groups in total. The van der Waals surface area contributed by atoms with Crippen molar-refractivity contribution in [3.8, 4) is 0 Å². The summed E-state index contributed by atoms with van der Waals surface area (Å²) in [6.07, 6.45) is 39.7. The van der Waals surface area contributed by atoms with Crippen molar-refractivity contribution < 1.29 is 24.3 Å². The van der Waals surface area contributed by atoms with Crippen LogP contribution in [0.1, 0.15) is 245 Å². The topological polar surface area (TPSA) is 139 Å². The number of nitrogens with one attached hydrogen (secondary N) is 2. The Morgan fingerprint density at radius 2 is 0.792 bits per heavy atom. The molecule has 0 aromatic carbocycles. The Hall–Kier alpha value is -1.96. The number of carbonyl (C=O) groups is 4. The maximum absolute atomic E-state index is 12.8. The monoisotopic (exact) mass is 750 g/mol. The second-order valence-corrected chi connectivity index (χ2v) is 16.0. The second-order valence-electron chi connectivity index (χ2n) is 16.0. The molecule has 0 aliphatic rings. The highest BCUT2D eigenvalue weighted by Gasteiger charge is 2.19. The number of Topliss-reactive ketones (excluding diaryl/α,β-unsaturated/α-hetero) is 1. The van der Waals surface area contributed by atoms with Crippen LogP contribution in [0.15, 0.2) is 0 Å². The van der Waals surface area contributed by atoms with Crippen molar-refractivity contribution in [3.05, 3.63) is 0 Å². The van der Waals surface area contributed by atoms with E-state index in [1.165, 1.54) is 154 Å². The number of nitrogens with two attached hydrogens (primary N) is 1. The molecule has 0 radical (unpaired) electrons. The number of rotatable bonds is 42. The molecule has 8 nitrogen and oxygen atoms in total. The van der Waals surface area contributed by atoms with Crippen molar-refractivity contribution in [3.63, 3.8) is 0 Å². The lowest BCUT2D eigenvalue weighted by Gasteiger charge is -2.20. The standard InChI is InChI=1S/C45H87N3O5/c1-3-5-7-9-11-13-15-17-19-21-23-25-27-29-31-33-43(50)47-39-40(35-37-42(49)41(46)36-38-45(52)53)48-44(51)34-32-30-28-26-24-22-20-18-16-14-12-10-8-6-4-2/h40-41H,3-39,46H2,1-2H3,(H,47,50)(H,48,51)(H,52,53). The van der Waals surface area contributed by atoms with Crippen LogP contribution >= 0.6 is 0 Å². The fourth-order valence-electron chi connectivity index (χ4n) is 7.11. The molecule has 0 spiro atoms. The number of unbranched alkanes of at least 4 members (excludes halogenated alkanes) is 28. The van der Waals surface area contributed by atoms with Crippen LogP contribution < -0.4 is 16.4 Å². The minimum Gasteiger partial charge on any atom is -0.481 e. The molecule has 0 aromatic heterocycles. The summed E-state index contributed by atoms with van der Waals surface area (Å²) in [6, 6.07) is -1.19. The van der Waals surface area contributed by atoms with E-state index < -0.39 is 12.0 Å². The van der Waals surface area contributed by atoms with Gasteiger partial charge in [0, 0.05) is 38.3 Å². The number of aliphatic carboxylic acids is 1. The lowest BCUT2D eigenvalue weighted by molar-refractivity contribution is -0.137. The fourth-order valence-corrected chi connectivity index (χ4v) is 7.11. The number of carboxylic acids is 1. The van der Waals surface area contributed by atoms with E-state index in [0.717, 1.165) is 38.5 Å². The zero-order valence-corrected chi connectivity index (χ0v) is 35.0. The van der Waals surface area contributed by atoms with E-state index in [1.807, 2.05) is 0 Å². The van der Waals surface area contributed by atoms with Gasteiger partial charge in [-0.2, -0.15) is 0 Å². The van der Waals surface area contributed by atoms with Crippen molar-refractivity contribution in [2.45, 2.75) is 257 Å². The van der Waals surface area contributed by atoms with E-state index in [4.69, 9.17) is 10.8 Å². The average Bonchev–Trinajstić information content (AvgIpc) is 3.14. The van der Waals surface area contributed by atoms with Crippen LogP contribution in [0.25, 0.3) is 0 Å². The van der Waals surface area contributed by atoms with Crippen molar-refractivity contribution >= 4 is 23.6 Å². The number of carboxylic acid groups (broad SMARTS) is 1. The third kappa shape index (κ3) is 38.1. The van der Waals surface area contributed by atoms with Crippen molar-refractivity contribution in [2.24, 2.45) is 5.73 Å². The molecule has 0 fully saturated rings. The lowest BCUT2D eigenvalue weighted by Crippen LogP contribution is -2.44. The predicted molar refractivity (Wildman–Crippen MR) is 223 cm³/mol. The molecular weight excluding hydrogens is 663 g/mol. The van der Waals surface area contributed by atoms with Gasteiger partial charge in [0.2, 0.25) is 11.8 Å². The Bertz CT molecular complexity index is 867. The number of carbonyl (C=O) groups excluding carboxylic acids is 3. The van der Waals surface area contributed by atoms with Crippen LogP contribution in [0.4, 0.5) is 0 Å². The molecule has 0 rings (SSSR count). The van der Waals surface area contributed by atoms with Crippen LogP contribution in [0.2, 0.25) is 0 Å². The van der Waals surface area contributed by atoms with Crippen LogP contribution in [0.3, 0.4) is 0 Å². The first-order chi connectivity index (χ1) is 25.8. The Labute approximate surface area is 327 Å². The maximum Gasteiger partial charge on any atom is 0.303 e. The average molecular weight is 750 g/mol. The molecule has 0 saturated heterocycles. The summed E-state index contributed by atoms with van der Waals surface area (Å²) in [7, 11) is 0. The minimum absolute atomic E-state index is 0.0224. The Morgan fingerprint density at radius 3 is 1.15 bits per heavy atom. The molecule has 0 bridgehead atoms. The Balaban J connectivity index is 4.22. The minimum atomic E-state index is -0.978. The van der Waals surface area contributed by atoms with Gasteiger partial charge < -0.3 is 21.5 Å². The number of hydrogen-bond donors (Lipinski definition) is 4. The van der Waals surface area contributed by atoms with Crippen LogP contribution in [-0.4, -0.2) is 47.3 Å².